The Morgan fingerprint density at radius 2 is 2.10 bits per heavy atom. The molecule has 6 heteroatoms. The third-order valence-corrected chi connectivity index (χ3v) is 3.77. The first kappa shape index (κ1) is 14.6. The maximum absolute atomic E-state index is 14.0. The largest absolute Gasteiger partial charge is 0.481 e. The highest BCUT2D eigenvalue weighted by Crippen LogP contribution is 2.26. The molecule has 0 aliphatic heterocycles. The number of aryl methyl sites for hydroxylation is 1. The minimum atomic E-state index is -1.11. The molecule has 1 aromatic carbocycles. The first-order chi connectivity index (χ1) is 9.50. The fourth-order valence-corrected chi connectivity index (χ4v) is 2.35. The lowest BCUT2D eigenvalue weighted by Gasteiger charge is -2.14. The molecule has 0 aliphatic rings. The van der Waals surface area contributed by atoms with Crippen molar-refractivity contribution in [2.75, 3.05) is 0 Å². The molecule has 0 aliphatic carbocycles. The lowest BCUT2D eigenvalue weighted by atomic mass is 9.95. The fourth-order valence-electron chi connectivity index (χ4n) is 1.90. The van der Waals surface area contributed by atoms with E-state index < -0.39 is 17.7 Å². The van der Waals surface area contributed by atoms with E-state index in [4.69, 9.17) is 0 Å². The molecular weight excluding hydrogens is 327 g/mol. The molecule has 0 bridgehead atoms. The van der Waals surface area contributed by atoms with Gasteiger partial charge in [0.25, 0.3) is 0 Å². The van der Waals surface area contributed by atoms with E-state index in [0.717, 1.165) is 10.0 Å². The zero-order valence-corrected chi connectivity index (χ0v) is 12.3. The number of halogens is 2. The van der Waals surface area contributed by atoms with Gasteiger partial charge in [-0.05, 0) is 25.0 Å². The summed E-state index contributed by atoms with van der Waals surface area (Å²) in [7, 11) is 0. The molecule has 2 rings (SSSR count). The number of benzene rings is 1. The Labute approximate surface area is 123 Å². The van der Waals surface area contributed by atoms with Gasteiger partial charge in [0.15, 0.2) is 5.82 Å². The van der Waals surface area contributed by atoms with Crippen LogP contribution in [0.15, 0.2) is 35.1 Å². The van der Waals surface area contributed by atoms with Gasteiger partial charge in [-0.3, -0.25) is 4.79 Å². The highest BCUT2D eigenvalue weighted by atomic mass is 79.9. The summed E-state index contributed by atoms with van der Waals surface area (Å²) in [6.07, 6.45) is 1.34. The van der Waals surface area contributed by atoms with E-state index in [2.05, 4.69) is 25.9 Å². The molecule has 0 spiro atoms. The van der Waals surface area contributed by atoms with Crippen LogP contribution in [0.5, 0.6) is 0 Å². The Balaban J connectivity index is 2.40. The number of rotatable bonds is 4. The molecule has 0 saturated carbocycles. The molecule has 0 radical (unpaired) electrons. The van der Waals surface area contributed by atoms with Crippen molar-refractivity contribution in [3.8, 4) is 0 Å². The molecule has 0 saturated heterocycles. The SMILES string of the molecule is Cc1ncnc(C(Cc2ccccc2Br)C(=O)O)c1F. The van der Waals surface area contributed by atoms with Gasteiger partial charge in [0.1, 0.15) is 12.2 Å². The van der Waals surface area contributed by atoms with E-state index in [1.165, 1.54) is 13.3 Å². The maximum atomic E-state index is 14.0. The van der Waals surface area contributed by atoms with Crippen LogP contribution in [-0.2, 0) is 11.2 Å². The van der Waals surface area contributed by atoms with Crippen molar-refractivity contribution in [3.05, 3.63) is 57.8 Å². The Kier molecular flexibility index (Phi) is 4.44. The normalized spacial score (nSPS) is 12.2. The zero-order valence-electron chi connectivity index (χ0n) is 10.7. The van der Waals surface area contributed by atoms with Gasteiger partial charge in [0, 0.05) is 4.47 Å². The van der Waals surface area contributed by atoms with Crippen LogP contribution in [0.3, 0.4) is 0 Å². The number of aliphatic carboxylic acids is 1. The van der Waals surface area contributed by atoms with Crippen LogP contribution in [0, 0.1) is 12.7 Å². The molecule has 1 N–H and O–H groups in total. The lowest BCUT2D eigenvalue weighted by Crippen LogP contribution is -2.18. The van der Waals surface area contributed by atoms with Crippen LogP contribution < -0.4 is 0 Å². The lowest BCUT2D eigenvalue weighted by molar-refractivity contribution is -0.138. The molecule has 2 aromatic rings. The van der Waals surface area contributed by atoms with E-state index in [9.17, 15) is 14.3 Å². The van der Waals surface area contributed by atoms with Crippen LogP contribution in [0.4, 0.5) is 4.39 Å². The van der Waals surface area contributed by atoms with Gasteiger partial charge in [-0.15, -0.1) is 0 Å². The predicted molar refractivity (Wildman–Crippen MR) is 74.9 cm³/mol. The monoisotopic (exact) mass is 338 g/mol. The molecule has 1 unspecified atom stereocenters. The number of carboxylic acids is 1. The minimum Gasteiger partial charge on any atom is -0.481 e. The minimum absolute atomic E-state index is 0.0826. The van der Waals surface area contributed by atoms with E-state index in [0.29, 0.717) is 0 Å². The summed E-state index contributed by atoms with van der Waals surface area (Å²) in [5.74, 6) is -2.82. The van der Waals surface area contributed by atoms with Gasteiger partial charge in [0.05, 0.1) is 11.4 Å². The second-order valence-electron chi connectivity index (χ2n) is 4.34. The molecule has 1 atom stereocenters. The van der Waals surface area contributed by atoms with Gasteiger partial charge in [0.2, 0.25) is 0 Å². The third kappa shape index (κ3) is 3.01. The molecule has 4 nitrogen and oxygen atoms in total. The Morgan fingerprint density at radius 3 is 2.75 bits per heavy atom. The van der Waals surface area contributed by atoms with E-state index in [1.807, 2.05) is 12.1 Å². The molecule has 0 fully saturated rings. The summed E-state index contributed by atoms with van der Waals surface area (Å²) < 4.78 is 14.8. The predicted octanol–water partition coefficient (Wildman–Crippen LogP) is 3.10. The molecule has 1 heterocycles. The number of aromatic nitrogens is 2. The van der Waals surface area contributed by atoms with Crippen molar-refractivity contribution < 1.29 is 14.3 Å². The number of carboxylic acid groups (broad SMARTS) is 1. The molecule has 1 aromatic heterocycles. The molecule has 104 valence electrons. The molecule has 0 amide bonds. The second-order valence-corrected chi connectivity index (χ2v) is 5.20. The van der Waals surface area contributed by atoms with Crippen molar-refractivity contribution in [1.82, 2.24) is 9.97 Å². The highest BCUT2D eigenvalue weighted by molar-refractivity contribution is 9.10. The van der Waals surface area contributed by atoms with Crippen molar-refractivity contribution >= 4 is 21.9 Å². The maximum Gasteiger partial charge on any atom is 0.313 e. The van der Waals surface area contributed by atoms with Crippen LogP contribution in [0.2, 0.25) is 0 Å². The first-order valence-corrected chi connectivity index (χ1v) is 6.73. The number of nitrogens with zero attached hydrogens (tertiary/aromatic N) is 2. The second kappa shape index (κ2) is 6.09. The average molecular weight is 339 g/mol. The van der Waals surface area contributed by atoms with Crippen molar-refractivity contribution in [2.45, 2.75) is 19.3 Å². The van der Waals surface area contributed by atoms with E-state index >= 15 is 0 Å². The first-order valence-electron chi connectivity index (χ1n) is 5.94. The van der Waals surface area contributed by atoms with Crippen LogP contribution in [0.1, 0.15) is 22.9 Å². The van der Waals surface area contributed by atoms with Gasteiger partial charge in [-0.25, -0.2) is 14.4 Å². The van der Waals surface area contributed by atoms with E-state index in [-0.39, 0.29) is 17.8 Å². The van der Waals surface area contributed by atoms with Crippen molar-refractivity contribution in [1.29, 1.82) is 0 Å². The number of hydrogen-bond donors (Lipinski definition) is 1. The van der Waals surface area contributed by atoms with Gasteiger partial charge >= 0.3 is 5.97 Å². The summed E-state index contributed by atoms with van der Waals surface area (Å²) >= 11 is 3.36. The Morgan fingerprint density at radius 1 is 1.40 bits per heavy atom. The number of hydrogen-bond acceptors (Lipinski definition) is 3. The van der Waals surface area contributed by atoms with E-state index in [1.54, 1.807) is 12.1 Å². The highest BCUT2D eigenvalue weighted by Gasteiger charge is 2.26. The quantitative estimate of drug-likeness (QED) is 0.930. The van der Waals surface area contributed by atoms with Crippen molar-refractivity contribution in [2.24, 2.45) is 0 Å². The summed E-state index contributed by atoms with van der Waals surface area (Å²) in [6, 6.07) is 7.25. The standard InChI is InChI=1S/C14H12BrFN2O2/c1-8-12(16)13(18-7-17-8)10(14(19)20)6-9-4-2-3-5-11(9)15/h2-5,7,10H,6H2,1H3,(H,19,20). The van der Waals surface area contributed by atoms with Gasteiger partial charge in [-0.2, -0.15) is 0 Å². The average Bonchev–Trinajstić information content (AvgIpc) is 2.41. The van der Waals surface area contributed by atoms with Crippen LogP contribution >= 0.6 is 15.9 Å². The molecule has 20 heavy (non-hydrogen) atoms. The summed E-state index contributed by atoms with van der Waals surface area (Å²) in [5.41, 5.74) is 0.852. The Hall–Kier alpha value is -1.82. The third-order valence-electron chi connectivity index (χ3n) is 3.00. The molecular formula is C14H12BrFN2O2. The van der Waals surface area contributed by atoms with Crippen LogP contribution in [0.25, 0.3) is 0 Å². The fraction of sp³-hybridized carbons (Fsp3) is 0.214. The van der Waals surface area contributed by atoms with Gasteiger partial charge in [-0.1, -0.05) is 34.1 Å². The smallest absolute Gasteiger partial charge is 0.313 e. The number of carbonyl (C=O) groups is 1. The zero-order chi connectivity index (χ0) is 14.7. The van der Waals surface area contributed by atoms with Crippen LogP contribution in [-0.4, -0.2) is 21.0 Å². The summed E-state index contributed by atoms with van der Waals surface area (Å²) in [6.45, 7) is 1.48. The van der Waals surface area contributed by atoms with Gasteiger partial charge < -0.3 is 5.11 Å². The summed E-state index contributed by atoms with van der Waals surface area (Å²) in [4.78, 5) is 19.0. The Bertz CT molecular complexity index is 649. The van der Waals surface area contributed by atoms with Crippen molar-refractivity contribution in [3.63, 3.8) is 0 Å². The summed E-state index contributed by atoms with van der Waals surface area (Å²) in [5, 5.41) is 9.35. The topological polar surface area (TPSA) is 63.1 Å².